The minimum Gasteiger partial charge on any atom is -0.495 e. The summed E-state index contributed by atoms with van der Waals surface area (Å²) in [5.74, 6) is -1.88. The molecule has 2 aromatic rings. The van der Waals surface area contributed by atoms with Crippen molar-refractivity contribution in [3.63, 3.8) is 0 Å². The van der Waals surface area contributed by atoms with Gasteiger partial charge in [0.25, 0.3) is 5.91 Å². The van der Waals surface area contributed by atoms with E-state index in [4.69, 9.17) is 29.3 Å². The van der Waals surface area contributed by atoms with Crippen LogP contribution in [-0.2, 0) is 14.4 Å². The minimum atomic E-state index is -1.82. The second-order valence-corrected chi connectivity index (χ2v) is 8.52. The Labute approximate surface area is 210 Å². The summed E-state index contributed by atoms with van der Waals surface area (Å²) < 4.78 is 11.1. The molecule has 2 aliphatic heterocycles. The lowest BCUT2D eigenvalue weighted by Gasteiger charge is -2.43. The SMILES string of the molecule is COc1ccccc1N1CCN(C2CCN(C(=O)COc3ccccc3)CC2)CC1.O=C(O)C(=O)O. The van der Waals surface area contributed by atoms with E-state index in [0.29, 0.717) is 6.04 Å². The van der Waals surface area contributed by atoms with E-state index in [1.54, 1.807) is 7.11 Å². The summed E-state index contributed by atoms with van der Waals surface area (Å²) in [7, 11) is 1.73. The molecule has 4 rings (SSSR count). The molecule has 36 heavy (non-hydrogen) atoms. The highest BCUT2D eigenvalue weighted by Gasteiger charge is 2.29. The summed E-state index contributed by atoms with van der Waals surface area (Å²) in [6.07, 6.45) is 2.07. The van der Waals surface area contributed by atoms with Gasteiger partial charge in [-0.2, -0.15) is 0 Å². The molecular formula is C26H33N3O7. The van der Waals surface area contributed by atoms with Crippen molar-refractivity contribution in [1.82, 2.24) is 9.80 Å². The van der Waals surface area contributed by atoms with Crippen LogP contribution in [0.25, 0.3) is 0 Å². The Kier molecular flexibility index (Phi) is 9.93. The summed E-state index contributed by atoms with van der Waals surface area (Å²) in [4.78, 5) is 37.6. The molecule has 2 aliphatic rings. The van der Waals surface area contributed by atoms with Gasteiger partial charge in [0, 0.05) is 45.3 Å². The van der Waals surface area contributed by atoms with Crippen molar-refractivity contribution in [1.29, 1.82) is 0 Å². The number of carbonyl (C=O) groups is 3. The number of carboxylic acids is 2. The first-order valence-electron chi connectivity index (χ1n) is 11.9. The Morgan fingerprint density at radius 2 is 1.42 bits per heavy atom. The number of likely N-dealkylation sites (tertiary alicyclic amines) is 1. The van der Waals surface area contributed by atoms with E-state index < -0.39 is 11.9 Å². The molecule has 0 spiro atoms. The van der Waals surface area contributed by atoms with Gasteiger partial charge in [0.2, 0.25) is 0 Å². The first-order chi connectivity index (χ1) is 17.4. The lowest BCUT2D eigenvalue weighted by molar-refractivity contribution is -0.159. The number of piperidine rings is 1. The lowest BCUT2D eigenvalue weighted by atomic mass is 10.0. The number of ether oxygens (including phenoxy) is 2. The number of anilines is 1. The van der Waals surface area contributed by atoms with Crippen LogP contribution in [0.15, 0.2) is 54.6 Å². The number of amides is 1. The number of hydrogen-bond donors (Lipinski definition) is 2. The highest BCUT2D eigenvalue weighted by Crippen LogP contribution is 2.29. The van der Waals surface area contributed by atoms with Crippen LogP contribution >= 0.6 is 0 Å². The van der Waals surface area contributed by atoms with E-state index in [1.165, 1.54) is 5.69 Å². The molecule has 2 heterocycles. The third-order valence-electron chi connectivity index (χ3n) is 6.36. The highest BCUT2D eigenvalue weighted by molar-refractivity contribution is 6.27. The number of benzene rings is 2. The number of rotatable bonds is 6. The fraction of sp³-hybridized carbons (Fsp3) is 0.423. The predicted molar refractivity (Wildman–Crippen MR) is 134 cm³/mol. The smallest absolute Gasteiger partial charge is 0.414 e. The standard InChI is InChI=1S/C24H31N3O3.C2H2O4/c1-29-23-10-6-5-9-22(23)26-17-15-25(16-18-26)20-11-13-27(14-12-20)24(28)19-30-21-7-3-2-4-8-21;3-1(4)2(5)6/h2-10,20H,11-19H2,1H3;(H,3,4)(H,5,6). The molecule has 10 nitrogen and oxygen atoms in total. The van der Waals surface area contributed by atoms with Gasteiger partial charge in [-0.1, -0.05) is 30.3 Å². The molecule has 0 aromatic heterocycles. The average molecular weight is 500 g/mol. The van der Waals surface area contributed by atoms with Crippen molar-refractivity contribution >= 4 is 23.5 Å². The van der Waals surface area contributed by atoms with Crippen LogP contribution in [0.4, 0.5) is 5.69 Å². The van der Waals surface area contributed by atoms with Crippen molar-refractivity contribution in [2.45, 2.75) is 18.9 Å². The minimum absolute atomic E-state index is 0.0818. The number of carbonyl (C=O) groups excluding carboxylic acids is 1. The van der Waals surface area contributed by atoms with Gasteiger partial charge in [0.1, 0.15) is 11.5 Å². The fourth-order valence-electron chi connectivity index (χ4n) is 4.45. The lowest BCUT2D eigenvalue weighted by Crippen LogP contribution is -2.54. The Balaban J connectivity index is 0.000000538. The van der Waals surface area contributed by atoms with Gasteiger partial charge >= 0.3 is 11.9 Å². The Hall–Kier alpha value is -3.79. The van der Waals surface area contributed by atoms with Gasteiger partial charge in [-0.3, -0.25) is 9.69 Å². The van der Waals surface area contributed by atoms with Crippen molar-refractivity contribution < 1.29 is 34.1 Å². The zero-order valence-electron chi connectivity index (χ0n) is 20.4. The average Bonchev–Trinajstić information content (AvgIpc) is 2.92. The zero-order valence-corrected chi connectivity index (χ0v) is 20.4. The molecule has 0 bridgehead atoms. The van der Waals surface area contributed by atoms with Gasteiger partial charge < -0.3 is 29.5 Å². The van der Waals surface area contributed by atoms with Gasteiger partial charge in [-0.05, 0) is 37.1 Å². The molecule has 10 heteroatoms. The van der Waals surface area contributed by atoms with E-state index in [0.717, 1.165) is 63.6 Å². The molecule has 0 saturated carbocycles. The van der Waals surface area contributed by atoms with Crippen LogP contribution in [0.5, 0.6) is 11.5 Å². The van der Waals surface area contributed by atoms with Crippen molar-refractivity contribution in [2.75, 3.05) is 57.9 Å². The largest absolute Gasteiger partial charge is 0.495 e. The molecule has 2 saturated heterocycles. The van der Waals surface area contributed by atoms with Gasteiger partial charge in [0.15, 0.2) is 6.61 Å². The number of piperazine rings is 1. The molecular weight excluding hydrogens is 466 g/mol. The molecule has 0 radical (unpaired) electrons. The maximum Gasteiger partial charge on any atom is 0.414 e. The van der Waals surface area contributed by atoms with Crippen LogP contribution in [0, 0.1) is 0 Å². The number of hydrogen-bond acceptors (Lipinski definition) is 7. The fourth-order valence-corrected chi connectivity index (χ4v) is 4.45. The third-order valence-corrected chi connectivity index (χ3v) is 6.36. The van der Waals surface area contributed by atoms with Crippen LogP contribution in [0.3, 0.4) is 0 Å². The summed E-state index contributed by atoms with van der Waals surface area (Å²) in [6, 6.07) is 18.3. The summed E-state index contributed by atoms with van der Waals surface area (Å²) in [6.45, 7) is 5.85. The van der Waals surface area contributed by atoms with Crippen LogP contribution in [0.1, 0.15) is 12.8 Å². The van der Waals surface area contributed by atoms with Crippen molar-refractivity contribution in [2.24, 2.45) is 0 Å². The van der Waals surface area contributed by atoms with E-state index >= 15 is 0 Å². The molecule has 0 aliphatic carbocycles. The number of nitrogens with zero attached hydrogens (tertiary/aromatic N) is 3. The topological polar surface area (TPSA) is 120 Å². The Morgan fingerprint density at radius 3 is 2.00 bits per heavy atom. The molecule has 1 amide bonds. The maximum atomic E-state index is 12.5. The van der Waals surface area contributed by atoms with Crippen LogP contribution < -0.4 is 14.4 Å². The zero-order chi connectivity index (χ0) is 25.9. The number of para-hydroxylation sites is 3. The highest BCUT2D eigenvalue weighted by atomic mass is 16.5. The van der Waals surface area contributed by atoms with Gasteiger partial charge in [-0.25, -0.2) is 9.59 Å². The van der Waals surface area contributed by atoms with E-state index in [2.05, 4.69) is 21.9 Å². The molecule has 2 fully saturated rings. The second-order valence-electron chi connectivity index (χ2n) is 8.52. The Bertz CT molecular complexity index is 990. The maximum absolute atomic E-state index is 12.5. The van der Waals surface area contributed by atoms with Gasteiger partial charge in [0.05, 0.1) is 12.8 Å². The summed E-state index contributed by atoms with van der Waals surface area (Å²) >= 11 is 0. The summed E-state index contributed by atoms with van der Waals surface area (Å²) in [5.41, 5.74) is 1.18. The molecule has 2 aromatic carbocycles. The van der Waals surface area contributed by atoms with Crippen molar-refractivity contribution in [3.05, 3.63) is 54.6 Å². The number of methoxy groups -OCH3 is 1. The normalized spacial score (nSPS) is 16.5. The first-order valence-corrected chi connectivity index (χ1v) is 11.9. The van der Waals surface area contributed by atoms with E-state index in [9.17, 15) is 4.79 Å². The quantitative estimate of drug-likeness (QED) is 0.576. The molecule has 0 unspecified atom stereocenters. The number of carboxylic acid groups (broad SMARTS) is 2. The summed E-state index contributed by atoms with van der Waals surface area (Å²) in [5, 5.41) is 14.8. The van der Waals surface area contributed by atoms with E-state index in [1.807, 2.05) is 47.4 Å². The molecule has 194 valence electrons. The Morgan fingerprint density at radius 1 is 0.833 bits per heavy atom. The second kappa shape index (κ2) is 13.3. The molecule has 0 atom stereocenters. The van der Waals surface area contributed by atoms with Crippen molar-refractivity contribution in [3.8, 4) is 11.5 Å². The van der Waals surface area contributed by atoms with Crippen LogP contribution in [-0.4, -0.2) is 96.9 Å². The predicted octanol–water partition coefficient (Wildman–Crippen LogP) is 2.04. The molecule has 2 N–H and O–H groups in total. The van der Waals surface area contributed by atoms with Gasteiger partial charge in [-0.15, -0.1) is 0 Å². The monoisotopic (exact) mass is 499 g/mol. The third kappa shape index (κ3) is 7.61. The van der Waals surface area contributed by atoms with E-state index in [-0.39, 0.29) is 12.5 Å². The first kappa shape index (κ1) is 26.8. The van der Waals surface area contributed by atoms with Crippen LogP contribution in [0.2, 0.25) is 0 Å². The number of aliphatic carboxylic acids is 2.